The van der Waals surface area contributed by atoms with Gasteiger partial charge in [-0.05, 0) is 23.6 Å². The number of rotatable bonds is 2. The first-order chi connectivity index (χ1) is 7.58. The highest BCUT2D eigenvalue weighted by Gasteiger charge is 2.37. The summed E-state index contributed by atoms with van der Waals surface area (Å²) in [5.74, 6) is -1.26. The molecule has 4 heteroatoms. The Bertz CT molecular complexity index is 424. The Morgan fingerprint density at radius 2 is 1.94 bits per heavy atom. The van der Waals surface area contributed by atoms with E-state index in [-0.39, 0.29) is 18.3 Å². The first-order valence-electron chi connectivity index (χ1n) is 5.08. The summed E-state index contributed by atoms with van der Waals surface area (Å²) in [5, 5.41) is 0.654. The molecule has 0 aromatic heterocycles. The standard InChI is InChI=1S/C12H11ClO3/c1-7(8-2-4-9(13)5-3-8)10-6-11(14)16-12(10)15/h2-5,7,10H,6H2,1H3. The van der Waals surface area contributed by atoms with E-state index < -0.39 is 11.9 Å². The second-order valence-electron chi connectivity index (χ2n) is 3.94. The molecule has 0 radical (unpaired) electrons. The summed E-state index contributed by atoms with van der Waals surface area (Å²) in [6.07, 6.45) is 0.169. The molecule has 1 aliphatic rings. The Morgan fingerprint density at radius 3 is 2.44 bits per heavy atom. The van der Waals surface area contributed by atoms with E-state index in [1.807, 2.05) is 19.1 Å². The molecule has 0 bridgehead atoms. The second-order valence-corrected chi connectivity index (χ2v) is 4.38. The molecular weight excluding hydrogens is 228 g/mol. The minimum absolute atomic E-state index is 0.0313. The normalized spacial score (nSPS) is 22.0. The largest absolute Gasteiger partial charge is 0.393 e. The van der Waals surface area contributed by atoms with Crippen LogP contribution in [0, 0.1) is 5.92 Å². The van der Waals surface area contributed by atoms with Crippen LogP contribution in [0.25, 0.3) is 0 Å². The molecule has 2 unspecified atom stereocenters. The summed E-state index contributed by atoms with van der Waals surface area (Å²) >= 11 is 5.78. The van der Waals surface area contributed by atoms with Gasteiger partial charge in [0.15, 0.2) is 0 Å². The monoisotopic (exact) mass is 238 g/mol. The Balaban J connectivity index is 2.19. The van der Waals surface area contributed by atoms with Gasteiger partial charge in [0, 0.05) is 5.02 Å². The highest BCUT2D eigenvalue weighted by Crippen LogP contribution is 2.32. The molecular formula is C12H11ClO3. The molecule has 16 heavy (non-hydrogen) atoms. The number of hydrogen-bond donors (Lipinski definition) is 0. The Hall–Kier alpha value is -1.35. The van der Waals surface area contributed by atoms with Gasteiger partial charge in [-0.25, -0.2) is 0 Å². The number of carbonyl (C=O) groups is 2. The summed E-state index contributed by atoms with van der Waals surface area (Å²) in [7, 11) is 0. The first kappa shape index (κ1) is 11.1. The van der Waals surface area contributed by atoms with E-state index in [9.17, 15) is 9.59 Å². The minimum atomic E-state index is -0.434. The third-order valence-electron chi connectivity index (χ3n) is 2.90. The van der Waals surface area contributed by atoms with Crippen LogP contribution in [0.2, 0.25) is 5.02 Å². The van der Waals surface area contributed by atoms with Crippen molar-refractivity contribution in [2.24, 2.45) is 5.92 Å². The molecule has 3 nitrogen and oxygen atoms in total. The van der Waals surface area contributed by atoms with Crippen molar-refractivity contribution in [1.82, 2.24) is 0 Å². The molecule has 1 saturated heterocycles. The molecule has 84 valence electrons. The van der Waals surface area contributed by atoms with Crippen LogP contribution in [-0.4, -0.2) is 11.9 Å². The zero-order chi connectivity index (χ0) is 11.7. The Labute approximate surface area is 98.4 Å². The molecule has 1 aromatic carbocycles. The van der Waals surface area contributed by atoms with E-state index in [1.54, 1.807) is 12.1 Å². The fourth-order valence-electron chi connectivity index (χ4n) is 1.87. The van der Waals surface area contributed by atoms with Gasteiger partial charge in [0.25, 0.3) is 0 Å². The molecule has 1 heterocycles. The van der Waals surface area contributed by atoms with Crippen molar-refractivity contribution in [2.75, 3.05) is 0 Å². The van der Waals surface area contributed by atoms with Crippen LogP contribution in [0.3, 0.4) is 0 Å². The zero-order valence-corrected chi connectivity index (χ0v) is 9.53. The number of hydrogen-bond acceptors (Lipinski definition) is 3. The van der Waals surface area contributed by atoms with E-state index in [0.29, 0.717) is 5.02 Å². The molecule has 2 atom stereocenters. The summed E-state index contributed by atoms with van der Waals surface area (Å²) in [6, 6.07) is 7.27. The molecule has 2 rings (SSSR count). The van der Waals surface area contributed by atoms with Gasteiger partial charge in [-0.3, -0.25) is 9.59 Å². The predicted octanol–water partition coefficient (Wildman–Crippen LogP) is 2.53. The minimum Gasteiger partial charge on any atom is -0.393 e. The maximum atomic E-state index is 11.4. The summed E-state index contributed by atoms with van der Waals surface area (Å²) in [4.78, 5) is 22.4. The quantitative estimate of drug-likeness (QED) is 0.587. The van der Waals surface area contributed by atoms with E-state index in [0.717, 1.165) is 5.56 Å². The molecule has 0 N–H and O–H groups in total. The molecule has 0 amide bonds. The highest BCUT2D eigenvalue weighted by molar-refractivity contribution is 6.30. The van der Waals surface area contributed by atoms with Crippen LogP contribution < -0.4 is 0 Å². The zero-order valence-electron chi connectivity index (χ0n) is 8.77. The van der Waals surface area contributed by atoms with Crippen molar-refractivity contribution >= 4 is 23.5 Å². The molecule has 1 aliphatic heterocycles. The van der Waals surface area contributed by atoms with Gasteiger partial charge in [0.1, 0.15) is 0 Å². The fourth-order valence-corrected chi connectivity index (χ4v) is 2.00. The van der Waals surface area contributed by atoms with Crippen molar-refractivity contribution in [2.45, 2.75) is 19.3 Å². The summed E-state index contributed by atoms with van der Waals surface area (Å²) in [6.45, 7) is 1.91. The van der Waals surface area contributed by atoms with Crippen molar-refractivity contribution in [3.05, 3.63) is 34.9 Å². The van der Waals surface area contributed by atoms with Gasteiger partial charge in [0.2, 0.25) is 0 Å². The lowest BCUT2D eigenvalue weighted by Crippen LogP contribution is -2.15. The fraction of sp³-hybridized carbons (Fsp3) is 0.333. The number of benzene rings is 1. The lowest BCUT2D eigenvalue weighted by molar-refractivity contribution is -0.153. The van der Waals surface area contributed by atoms with Gasteiger partial charge in [-0.1, -0.05) is 30.7 Å². The van der Waals surface area contributed by atoms with E-state index in [4.69, 9.17) is 11.6 Å². The number of cyclic esters (lactones) is 2. The number of esters is 2. The molecule has 0 spiro atoms. The first-order valence-corrected chi connectivity index (χ1v) is 5.45. The van der Waals surface area contributed by atoms with Crippen molar-refractivity contribution in [3.8, 4) is 0 Å². The van der Waals surface area contributed by atoms with Crippen LogP contribution in [-0.2, 0) is 14.3 Å². The molecule has 0 aliphatic carbocycles. The predicted molar refractivity (Wildman–Crippen MR) is 59.1 cm³/mol. The van der Waals surface area contributed by atoms with Crippen LogP contribution in [0.4, 0.5) is 0 Å². The van der Waals surface area contributed by atoms with Crippen LogP contribution >= 0.6 is 11.6 Å². The molecule has 1 fully saturated rings. The lowest BCUT2D eigenvalue weighted by atomic mass is 9.87. The van der Waals surface area contributed by atoms with Gasteiger partial charge in [-0.15, -0.1) is 0 Å². The van der Waals surface area contributed by atoms with Crippen LogP contribution in [0.5, 0.6) is 0 Å². The maximum Gasteiger partial charge on any atom is 0.317 e. The summed E-state index contributed by atoms with van der Waals surface area (Å²) in [5.41, 5.74) is 0.987. The number of carbonyl (C=O) groups excluding carboxylic acids is 2. The van der Waals surface area contributed by atoms with Crippen molar-refractivity contribution in [1.29, 1.82) is 0 Å². The second kappa shape index (κ2) is 4.26. The average molecular weight is 239 g/mol. The van der Waals surface area contributed by atoms with Gasteiger partial charge < -0.3 is 4.74 Å². The van der Waals surface area contributed by atoms with Crippen molar-refractivity contribution < 1.29 is 14.3 Å². The topological polar surface area (TPSA) is 43.4 Å². The Kier molecular flexibility index (Phi) is 2.97. The van der Waals surface area contributed by atoms with E-state index in [2.05, 4.69) is 4.74 Å². The van der Waals surface area contributed by atoms with Crippen LogP contribution in [0.1, 0.15) is 24.8 Å². The van der Waals surface area contributed by atoms with Crippen molar-refractivity contribution in [3.63, 3.8) is 0 Å². The van der Waals surface area contributed by atoms with Gasteiger partial charge in [-0.2, -0.15) is 0 Å². The third kappa shape index (κ3) is 2.09. The molecule has 0 saturated carbocycles. The Morgan fingerprint density at radius 1 is 1.31 bits per heavy atom. The van der Waals surface area contributed by atoms with Crippen LogP contribution in [0.15, 0.2) is 24.3 Å². The highest BCUT2D eigenvalue weighted by atomic mass is 35.5. The maximum absolute atomic E-state index is 11.4. The van der Waals surface area contributed by atoms with Gasteiger partial charge in [0.05, 0.1) is 12.3 Å². The molecule has 1 aromatic rings. The SMILES string of the molecule is CC(c1ccc(Cl)cc1)C1CC(=O)OC1=O. The third-order valence-corrected chi connectivity index (χ3v) is 3.16. The average Bonchev–Trinajstić information content (AvgIpc) is 2.58. The van der Waals surface area contributed by atoms with E-state index in [1.165, 1.54) is 0 Å². The number of ether oxygens (including phenoxy) is 1. The van der Waals surface area contributed by atoms with Gasteiger partial charge >= 0.3 is 11.9 Å². The van der Waals surface area contributed by atoms with E-state index >= 15 is 0 Å². The summed E-state index contributed by atoms with van der Waals surface area (Å²) < 4.78 is 4.54. The smallest absolute Gasteiger partial charge is 0.317 e. The lowest BCUT2D eigenvalue weighted by Gasteiger charge is -2.15. The number of halogens is 1.